The zero-order valence-corrected chi connectivity index (χ0v) is 11.6. The molecule has 0 amide bonds. The van der Waals surface area contributed by atoms with Crippen LogP contribution in [0.5, 0.6) is 5.75 Å². The van der Waals surface area contributed by atoms with Gasteiger partial charge in [0, 0.05) is 0 Å². The molecule has 0 saturated carbocycles. The summed E-state index contributed by atoms with van der Waals surface area (Å²) in [6.07, 6.45) is 5.90. The van der Waals surface area contributed by atoms with Crippen LogP contribution in [0.25, 0.3) is 0 Å². The maximum absolute atomic E-state index is 11.3. The molecule has 1 aromatic carbocycles. The van der Waals surface area contributed by atoms with Crippen molar-refractivity contribution in [2.75, 3.05) is 24.6 Å². The third kappa shape index (κ3) is 4.38. The van der Waals surface area contributed by atoms with Crippen LogP contribution in [-0.2, 0) is 4.79 Å². The van der Waals surface area contributed by atoms with Crippen molar-refractivity contribution < 1.29 is 19.6 Å². The van der Waals surface area contributed by atoms with Crippen LogP contribution >= 0.6 is 0 Å². The molecule has 0 saturated heterocycles. The van der Waals surface area contributed by atoms with E-state index in [-0.39, 0.29) is 23.7 Å². The third-order valence-corrected chi connectivity index (χ3v) is 2.57. The zero-order chi connectivity index (χ0) is 15.8. The Morgan fingerprint density at radius 3 is 2.81 bits per heavy atom. The lowest BCUT2D eigenvalue weighted by atomic mass is 10.2. The predicted molar refractivity (Wildman–Crippen MR) is 77.6 cm³/mol. The van der Waals surface area contributed by atoms with E-state index in [9.17, 15) is 14.9 Å². The Bertz CT molecular complexity index is 565. The molecule has 0 bridgehead atoms. The second-order valence-electron chi connectivity index (χ2n) is 4.18. The quantitative estimate of drug-likeness (QED) is 0.447. The monoisotopic (exact) mass is 292 g/mol. The normalized spacial score (nSPS) is 9.71. The van der Waals surface area contributed by atoms with Crippen LogP contribution in [-0.4, -0.2) is 35.7 Å². The fourth-order valence-electron chi connectivity index (χ4n) is 1.78. The number of aliphatic carboxylic acids is 1. The largest absolute Gasteiger partial charge is 0.487 e. The molecule has 0 heterocycles. The van der Waals surface area contributed by atoms with Gasteiger partial charge in [-0.25, -0.2) is 0 Å². The standard InChI is InChI=1S/C14H16N2O5/c1-3-8-15(10-13(17)18)11-6-5-7-12(21-9-4-2)14(11)16(19)20/h1,5-7H,4,8-10H2,2H3,(H,17,18). The SMILES string of the molecule is C#CCN(CC(=O)O)c1cccc(OCCC)c1[N+](=O)[O-]. The molecule has 0 fully saturated rings. The summed E-state index contributed by atoms with van der Waals surface area (Å²) in [4.78, 5) is 22.8. The highest BCUT2D eigenvalue weighted by Crippen LogP contribution is 2.37. The number of ether oxygens (including phenoxy) is 1. The molecule has 1 N–H and O–H groups in total. The topological polar surface area (TPSA) is 92.9 Å². The van der Waals surface area contributed by atoms with E-state index < -0.39 is 17.4 Å². The van der Waals surface area contributed by atoms with E-state index in [1.165, 1.54) is 17.0 Å². The van der Waals surface area contributed by atoms with Gasteiger partial charge in [0.1, 0.15) is 12.2 Å². The van der Waals surface area contributed by atoms with Crippen molar-refractivity contribution >= 4 is 17.3 Å². The molecule has 0 aliphatic heterocycles. The average molecular weight is 292 g/mol. The van der Waals surface area contributed by atoms with Crippen molar-refractivity contribution in [3.8, 4) is 18.1 Å². The molecule has 0 atom stereocenters. The summed E-state index contributed by atoms with van der Waals surface area (Å²) in [5.41, 5.74) is -0.142. The number of anilines is 1. The van der Waals surface area contributed by atoms with Gasteiger partial charge in [-0.05, 0) is 18.6 Å². The zero-order valence-electron chi connectivity index (χ0n) is 11.6. The Morgan fingerprint density at radius 1 is 1.57 bits per heavy atom. The Labute approximate surface area is 122 Å². The minimum Gasteiger partial charge on any atom is -0.487 e. The molecule has 1 aromatic rings. The number of carbonyl (C=O) groups is 1. The van der Waals surface area contributed by atoms with Gasteiger partial charge in [-0.1, -0.05) is 18.9 Å². The summed E-state index contributed by atoms with van der Waals surface area (Å²) >= 11 is 0. The van der Waals surface area contributed by atoms with Crippen LogP contribution in [0.2, 0.25) is 0 Å². The molecule has 0 aromatic heterocycles. The second kappa shape index (κ2) is 7.75. The molecular weight excluding hydrogens is 276 g/mol. The van der Waals surface area contributed by atoms with Crippen molar-refractivity contribution in [3.63, 3.8) is 0 Å². The highest BCUT2D eigenvalue weighted by molar-refractivity contribution is 5.78. The van der Waals surface area contributed by atoms with Gasteiger partial charge in [0.05, 0.1) is 18.1 Å². The maximum atomic E-state index is 11.3. The summed E-state index contributed by atoms with van der Waals surface area (Å²) < 4.78 is 5.35. The van der Waals surface area contributed by atoms with Crippen molar-refractivity contribution in [3.05, 3.63) is 28.3 Å². The lowest BCUT2D eigenvalue weighted by Crippen LogP contribution is -2.30. The van der Waals surface area contributed by atoms with E-state index >= 15 is 0 Å². The summed E-state index contributed by atoms with van der Waals surface area (Å²) in [7, 11) is 0. The van der Waals surface area contributed by atoms with Crippen LogP contribution < -0.4 is 9.64 Å². The lowest BCUT2D eigenvalue weighted by molar-refractivity contribution is -0.385. The first-order chi connectivity index (χ1) is 10.0. The number of terminal acetylenes is 1. The van der Waals surface area contributed by atoms with Crippen molar-refractivity contribution in [2.24, 2.45) is 0 Å². The van der Waals surface area contributed by atoms with Gasteiger partial charge in [-0.2, -0.15) is 0 Å². The number of benzene rings is 1. The summed E-state index contributed by atoms with van der Waals surface area (Å²) in [6, 6.07) is 4.50. The van der Waals surface area contributed by atoms with E-state index in [4.69, 9.17) is 16.3 Å². The minimum atomic E-state index is -1.13. The Balaban J connectivity index is 3.28. The van der Waals surface area contributed by atoms with Crippen LogP contribution in [0, 0.1) is 22.5 Å². The molecule has 1 rings (SSSR count). The fraction of sp³-hybridized carbons (Fsp3) is 0.357. The highest BCUT2D eigenvalue weighted by atomic mass is 16.6. The predicted octanol–water partition coefficient (Wildman–Crippen LogP) is 1.91. The molecule has 7 nitrogen and oxygen atoms in total. The number of nitro benzene ring substituents is 1. The van der Waals surface area contributed by atoms with Crippen molar-refractivity contribution in [1.82, 2.24) is 0 Å². The molecule has 0 aliphatic rings. The number of rotatable bonds is 8. The first kappa shape index (κ1) is 16.3. The molecule has 21 heavy (non-hydrogen) atoms. The molecule has 112 valence electrons. The first-order valence-electron chi connectivity index (χ1n) is 6.31. The highest BCUT2D eigenvalue weighted by Gasteiger charge is 2.25. The van der Waals surface area contributed by atoms with Gasteiger partial charge in [0.25, 0.3) is 0 Å². The Hall–Kier alpha value is -2.75. The summed E-state index contributed by atoms with van der Waals surface area (Å²) in [5, 5.41) is 20.2. The number of nitrogens with zero attached hydrogens (tertiary/aromatic N) is 2. The summed E-state index contributed by atoms with van der Waals surface area (Å²) in [5.74, 6) is 1.28. The van der Waals surface area contributed by atoms with Crippen LogP contribution in [0.3, 0.4) is 0 Å². The third-order valence-electron chi connectivity index (χ3n) is 2.57. The summed E-state index contributed by atoms with van der Waals surface area (Å²) in [6.45, 7) is 1.73. The molecular formula is C14H16N2O5. The maximum Gasteiger partial charge on any atom is 0.333 e. The Kier molecular flexibility index (Phi) is 6.01. The number of hydrogen-bond donors (Lipinski definition) is 1. The molecule has 0 unspecified atom stereocenters. The lowest BCUT2D eigenvalue weighted by Gasteiger charge is -2.20. The van der Waals surface area contributed by atoms with Gasteiger partial charge in [0.15, 0.2) is 5.75 Å². The first-order valence-corrected chi connectivity index (χ1v) is 6.31. The van der Waals surface area contributed by atoms with Crippen LogP contribution in [0.15, 0.2) is 18.2 Å². The number of nitro groups is 1. The van der Waals surface area contributed by atoms with E-state index in [1.54, 1.807) is 6.07 Å². The number of hydrogen-bond acceptors (Lipinski definition) is 5. The van der Waals surface area contributed by atoms with Gasteiger partial charge in [-0.3, -0.25) is 14.9 Å². The molecule has 0 aliphatic carbocycles. The molecule has 7 heteroatoms. The average Bonchev–Trinajstić information content (AvgIpc) is 2.43. The van der Waals surface area contributed by atoms with E-state index in [1.807, 2.05) is 6.92 Å². The molecule has 0 spiro atoms. The molecule has 0 radical (unpaired) electrons. The second-order valence-corrected chi connectivity index (χ2v) is 4.18. The van der Waals surface area contributed by atoms with Crippen LogP contribution in [0.4, 0.5) is 11.4 Å². The smallest absolute Gasteiger partial charge is 0.333 e. The Morgan fingerprint density at radius 2 is 2.29 bits per heavy atom. The van der Waals surface area contributed by atoms with E-state index in [0.717, 1.165) is 0 Å². The van der Waals surface area contributed by atoms with Crippen molar-refractivity contribution in [2.45, 2.75) is 13.3 Å². The van der Waals surface area contributed by atoms with Gasteiger partial charge >= 0.3 is 11.7 Å². The fourth-order valence-corrected chi connectivity index (χ4v) is 1.78. The van der Waals surface area contributed by atoms with E-state index in [0.29, 0.717) is 13.0 Å². The van der Waals surface area contributed by atoms with Crippen LogP contribution in [0.1, 0.15) is 13.3 Å². The number of para-hydroxylation sites is 1. The van der Waals surface area contributed by atoms with Crippen molar-refractivity contribution in [1.29, 1.82) is 0 Å². The van der Waals surface area contributed by atoms with Gasteiger partial charge < -0.3 is 14.7 Å². The number of carboxylic acid groups (broad SMARTS) is 1. The minimum absolute atomic E-state index is 0.0512. The van der Waals surface area contributed by atoms with Gasteiger partial charge in [-0.15, -0.1) is 6.42 Å². The van der Waals surface area contributed by atoms with Gasteiger partial charge in [0.2, 0.25) is 0 Å². The number of carboxylic acids is 1. The van der Waals surface area contributed by atoms with E-state index in [2.05, 4.69) is 5.92 Å².